The van der Waals surface area contributed by atoms with Crippen molar-refractivity contribution < 1.29 is 48.0 Å². The van der Waals surface area contributed by atoms with Crippen molar-refractivity contribution in [3.05, 3.63) is 30.3 Å². The molecule has 0 spiro atoms. The summed E-state index contributed by atoms with van der Waals surface area (Å²) in [6, 6.07) is 9.49. The zero-order valence-corrected chi connectivity index (χ0v) is 36.8. The van der Waals surface area contributed by atoms with Crippen LogP contribution in [-0.4, -0.2) is 151 Å². The topological polar surface area (TPSA) is 150 Å². The number of fused-ring (bicyclic) bond motifs is 4. The normalized spacial score (nSPS) is 40.8. The third-order valence-corrected chi connectivity index (χ3v) is 13.9. The molecule has 0 radical (unpaired) electrons. The summed E-state index contributed by atoms with van der Waals surface area (Å²) >= 11 is 1.68. The van der Waals surface area contributed by atoms with Gasteiger partial charge in [-0.3, -0.25) is 14.7 Å². The minimum absolute atomic E-state index is 0.0341. The van der Waals surface area contributed by atoms with Crippen LogP contribution in [0, 0.1) is 23.7 Å². The number of ether oxygens (including phenoxy) is 6. The molecular formula is C43H66N4O10S. The predicted molar refractivity (Wildman–Crippen MR) is 221 cm³/mol. The molecule has 4 fully saturated rings. The SMILES string of the molecule is CC[C@@H]1OC(=O)[C@H](C)[C@H]2OCC(=NOCCSc3ccccc3)CO[C@](C)(C[C@@H](C)C3=NCCN4C(=O)O[C@@]1(C)[C@H]4[C@H]3C)[C@@H](O[C@H]1O[C@@H](C)C[C@@H](N(C)C)[C@@H]1O)[C@@H]2C. The smallest absolute Gasteiger partial charge is 0.410 e. The van der Waals surface area contributed by atoms with Crippen molar-refractivity contribution in [2.75, 3.05) is 52.8 Å². The second-order valence-corrected chi connectivity index (χ2v) is 18.7. The van der Waals surface area contributed by atoms with E-state index >= 15 is 0 Å². The van der Waals surface area contributed by atoms with Crippen LogP contribution in [0.2, 0.25) is 0 Å². The highest BCUT2D eigenvalue weighted by molar-refractivity contribution is 7.99. The summed E-state index contributed by atoms with van der Waals surface area (Å²) in [4.78, 5) is 43.9. The molecule has 1 N–H and O–H groups in total. The highest BCUT2D eigenvalue weighted by atomic mass is 32.2. The van der Waals surface area contributed by atoms with Crippen LogP contribution in [0.15, 0.2) is 45.4 Å². The second-order valence-electron chi connectivity index (χ2n) is 17.5. The van der Waals surface area contributed by atoms with E-state index in [4.69, 9.17) is 38.3 Å². The first kappa shape index (κ1) is 44.8. The first-order chi connectivity index (χ1) is 27.6. The van der Waals surface area contributed by atoms with Crippen molar-refractivity contribution in [2.45, 2.75) is 140 Å². The number of carbonyl (C=O) groups excluding carboxylic acids is 2. The quantitative estimate of drug-likeness (QED) is 0.146. The van der Waals surface area contributed by atoms with Crippen molar-refractivity contribution in [3.8, 4) is 0 Å². The van der Waals surface area contributed by atoms with Crippen molar-refractivity contribution >= 4 is 35.2 Å². The van der Waals surface area contributed by atoms with Crippen LogP contribution >= 0.6 is 11.8 Å². The number of esters is 1. The van der Waals surface area contributed by atoms with Gasteiger partial charge in [0.1, 0.15) is 24.5 Å². The maximum atomic E-state index is 14.5. The number of rotatable bonds is 9. The summed E-state index contributed by atoms with van der Waals surface area (Å²) in [6.45, 7) is 17.1. The van der Waals surface area contributed by atoms with E-state index in [2.05, 4.69) is 31.1 Å². The number of likely N-dealkylation sites (N-methyl/N-ethyl adjacent to an activating group) is 1. The molecule has 0 unspecified atom stereocenters. The van der Waals surface area contributed by atoms with Crippen molar-refractivity contribution in [1.29, 1.82) is 0 Å². The Labute approximate surface area is 348 Å². The number of benzene rings is 1. The zero-order chi connectivity index (χ0) is 41.9. The summed E-state index contributed by atoms with van der Waals surface area (Å²) in [5.41, 5.74) is -0.736. The summed E-state index contributed by atoms with van der Waals surface area (Å²) in [7, 11) is 3.89. The molecule has 1 amide bonds. The highest BCUT2D eigenvalue weighted by Crippen LogP contribution is 2.45. The van der Waals surface area contributed by atoms with Gasteiger partial charge in [-0.05, 0) is 79.1 Å². The standard InChI is InChI=1S/C43H66N4O10S/c1-11-33-43(8)37-27(4)34(44-17-18-47(37)41(50)57-43)25(2)22-42(7)38(56-40-35(48)32(46(9)10)21-26(3)54-40)28(5)36(29(6)39(49)55-33)51-23-30(24-52-42)45-53-19-20-58-31-15-13-12-14-16-31/h12-16,25-29,32-33,35-38,40,48H,11,17-24H2,1-10H3/t25-,26+,27+,28-,29-,32-,33+,35+,36+,37-,38+,40-,42-,43-/m1/s1. The minimum atomic E-state index is -1.12. The molecule has 58 heavy (non-hydrogen) atoms. The fourth-order valence-corrected chi connectivity index (χ4v) is 10.8. The minimum Gasteiger partial charge on any atom is -0.458 e. The van der Waals surface area contributed by atoms with Crippen LogP contribution in [0.5, 0.6) is 0 Å². The third kappa shape index (κ3) is 9.40. The molecule has 6 rings (SSSR count). The molecule has 1 aromatic carbocycles. The Morgan fingerprint density at radius 3 is 2.52 bits per heavy atom. The van der Waals surface area contributed by atoms with Crippen molar-refractivity contribution in [1.82, 2.24) is 9.80 Å². The average Bonchev–Trinajstić information content (AvgIpc) is 3.33. The number of hydrogen-bond acceptors (Lipinski definition) is 14. The van der Waals surface area contributed by atoms with Gasteiger partial charge in [0.15, 0.2) is 11.9 Å². The monoisotopic (exact) mass is 830 g/mol. The molecule has 0 aromatic heterocycles. The fraction of sp³-hybridized carbons (Fsp3) is 0.767. The van der Waals surface area contributed by atoms with Gasteiger partial charge >= 0.3 is 12.1 Å². The number of aliphatic hydroxyl groups is 1. The number of hydrogen-bond donors (Lipinski definition) is 1. The molecular weight excluding hydrogens is 765 g/mol. The van der Waals surface area contributed by atoms with Crippen molar-refractivity contribution in [2.24, 2.45) is 33.8 Å². The first-order valence-corrected chi connectivity index (χ1v) is 22.1. The molecule has 4 saturated heterocycles. The van der Waals surface area contributed by atoms with Crippen LogP contribution in [0.3, 0.4) is 0 Å². The average molecular weight is 831 g/mol. The van der Waals surface area contributed by atoms with Gasteiger partial charge in [-0.2, -0.15) is 0 Å². The van der Waals surface area contributed by atoms with Gasteiger partial charge in [-0.25, -0.2) is 4.79 Å². The van der Waals surface area contributed by atoms with E-state index in [1.165, 1.54) is 0 Å². The van der Waals surface area contributed by atoms with Crippen LogP contribution in [0.25, 0.3) is 0 Å². The molecule has 5 heterocycles. The van der Waals surface area contributed by atoms with Crippen LogP contribution in [0.1, 0.15) is 74.7 Å². The number of thioether (sulfide) groups is 1. The Kier molecular flexibility index (Phi) is 14.6. The van der Waals surface area contributed by atoms with Crippen LogP contribution in [-0.2, 0) is 38.1 Å². The molecule has 15 heteroatoms. The molecule has 324 valence electrons. The van der Waals surface area contributed by atoms with Crippen LogP contribution in [0.4, 0.5) is 4.79 Å². The zero-order valence-electron chi connectivity index (χ0n) is 36.0. The van der Waals surface area contributed by atoms with E-state index in [1.807, 2.05) is 71.8 Å². The van der Waals surface area contributed by atoms with Gasteiger partial charge in [0.2, 0.25) is 0 Å². The molecule has 14 atom stereocenters. The lowest BCUT2D eigenvalue weighted by Gasteiger charge is -2.48. The molecule has 5 aliphatic heterocycles. The number of cyclic esters (lactones) is 1. The van der Waals surface area contributed by atoms with Gasteiger partial charge in [-0.1, -0.05) is 51.0 Å². The summed E-state index contributed by atoms with van der Waals surface area (Å²) in [5.74, 6) is -1.47. The number of oxime groups is 1. The molecule has 5 aliphatic rings. The Morgan fingerprint density at radius 1 is 1.07 bits per heavy atom. The lowest BCUT2D eigenvalue weighted by Crippen LogP contribution is -2.60. The lowest BCUT2D eigenvalue weighted by molar-refractivity contribution is -0.302. The van der Waals surface area contributed by atoms with E-state index < -0.39 is 71.8 Å². The Hall–Kier alpha value is -2.79. The van der Waals surface area contributed by atoms with Gasteiger partial charge in [0.05, 0.1) is 55.6 Å². The molecule has 1 aromatic rings. The second kappa shape index (κ2) is 18.9. The van der Waals surface area contributed by atoms with E-state index in [0.29, 0.717) is 50.4 Å². The first-order valence-electron chi connectivity index (χ1n) is 21.1. The highest BCUT2D eigenvalue weighted by Gasteiger charge is 2.60. The molecule has 14 nitrogen and oxygen atoms in total. The number of carbonyl (C=O) groups is 2. The maximum Gasteiger partial charge on any atom is 0.410 e. The van der Waals surface area contributed by atoms with E-state index in [1.54, 1.807) is 23.6 Å². The van der Waals surface area contributed by atoms with Crippen molar-refractivity contribution in [3.63, 3.8) is 0 Å². The summed E-state index contributed by atoms with van der Waals surface area (Å²) in [6.07, 6.45) is -3.29. The van der Waals surface area contributed by atoms with E-state index in [-0.39, 0.29) is 37.2 Å². The number of aliphatic imine (C=N–C) groups is 1. The van der Waals surface area contributed by atoms with Crippen LogP contribution < -0.4 is 0 Å². The molecule has 0 saturated carbocycles. The number of nitrogens with zero attached hydrogens (tertiary/aromatic N) is 4. The Balaban J connectivity index is 1.40. The lowest BCUT2D eigenvalue weighted by atomic mass is 9.72. The van der Waals surface area contributed by atoms with E-state index in [9.17, 15) is 14.7 Å². The van der Waals surface area contributed by atoms with Gasteiger partial charge in [0.25, 0.3) is 0 Å². The Morgan fingerprint density at radius 2 is 1.81 bits per heavy atom. The fourth-order valence-electron chi connectivity index (χ4n) is 10.1. The van der Waals surface area contributed by atoms with Gasteiger partial charge in [-0.15, -0.1) is 11.8 Å². The maximum absolute atomic E-state index is 14.5. The summed E-state index contributed by atoms with van der Waals surface area (Å²) in [5, 5.41) is 16.3. The summed E-state index contributed by atoms with van der Waals surface area (Å²) < 4.78 is 39.8. The van der Waals surface area contributed by atoms with E-state index in [0.717, 1.165) is 10.6 Å². The number of amides is 1. The molecule has 4 bridgehead atoms. The molecule has 0 aliphatic carbocycles. The van der Waals surface area contributed by atoms with Gasteiger partial charge < -0.3 is 43.3 Å². The largest absolute Gasteiger partial charge is 0.458 e. The predicted octanol–water partition coefficient (Wildman–Crippen LogP) is 5.44. The Bertz CT molecular complexity index is 1630. The number of aliphatic hydroxyl groups excluding tert-OH is 1. The third-order valence-electron chi connectivity index (χ3n) is 12.9. The van der Waals surface area contributed by atoms with Gasteiger partial charge in [0, 0.05) is 40.8 Å².